The highest BCUT2D eigenvalue weighted by molar-refractivity contribution is 9.10. The van der Waals surface area contributed by atoms with Gasteiger partial charge in [-0.3, -0.25) is 5.41 Å². The van der Waals surface area contributed by atoms with Crippen molar-refractivity contribution in [2.75, 3.05) is 13.2 Å². The molecule has 17 heavy (non-hydrogen) atoms. The van der Waals surface area contributed by atoms with Gasteiger partial charge < -0.3 is 15.2 Å². The van der Waals surface area contributed by atoms with Crippen LogP contribution in [0.25, 0.3) is 0 Å². The fourth-order valence-electron chi connectivity index (χ4n) is 1.32. The molecule has 0 amide bonds. The lowest BCUT2D eigenvalue weighted by Crippen LogP contribution is -2.16. The van der Waals surface area contributed by atoms with Crippen LogP contribution in [0.3, 0.4) is 0 Å². The second-order valence-corrected chi connectivity index (χ2v) is 4.65. The van der Waals surface area contributed by atoms with Crippen molar-refractivity contribution in [2.24, 2.45) is 5.73 Å². The van der Waals surface area contributed by atoms with Crippen LogP contribution in [0.2, 0.25) is 0 Å². The van der Waals surface area contributed by atoms with Crippen LogP contribution in [0.1, 0.15) is 19.4 Å². The molecule has 0 fully saturated rings. The van der Waals surface area contributed by atoms with Crippen molar-refractivity contribution >= 4 is 21.8 Å². The highest BCUT2D eigenvalue weighted by Gasteiger charge is 2.10. The van der Waals surface area contributed by atoms with Gasteiger partial charge in [0, 0.05) is 4.47 Å². The molecule has 1 aromatic carbocycles. The lowest BCUT2D eigenvalue weighted by atomic mass is 10.2. The average molecular weight is 301 g/mol. The number of nitrogens with one attached hydrogen (secondary N) is 1. The van der Waals surface area contributed by atoms with Crippen LogP contribution in [-0.4, -0.2) is 25.2 Å². The molecule has 94 valence electrons. The van der Waals surface area contributed by atoms with Crippen molar-refractivity contribution in [1.82, 2.24) is 0 Å². The molecule has 4 nitrogen and oxygen atoms in total. The fourth-order valence-corrected chi connectivity index (χ4v) is 1.88. The number of benzene rings is 1. The zero-order valence-corrected chi connectivity index (χ0v) is 11.6. The van der Waals surface area contributed by atoms with E-state index < -0.39 is 0 Å². The predicted octanol–water partition coefficient (Wildman–Crippen LogP) is 2.54. The van der Waals surface area contributed by atoms with Crippen molar-refractivity contribution in [2.45, 2.75) is 20.0 Å². The van der Waals surface area contributed by atoms with E-state index in [-0.39, 0.29) is 11.9 Å². The summed E-state index contributed by atoms with van der Waals surface area (Å²) in [6.07, 6.45) is 0.188. The molecule has 5 heteroatoms. The molecule has 1 rings (SSSR count). The minimum absolute atomic E-state index is 0.0164. The topological polar surface area (TPSA) is 68.3 Å². The smallest absolute Gasteiger partial charge is 0.131 e. The Labute approximate surface area is 110 Å². The van der Waals surface area contributed by atoms with Gasteiger partial charge in [0.1, 0.15) is 18.2 Å². The fraction of sp³-hybridized carbons (Fsp3) is 0.417. The summed E-state index contributed by atoms with van der Waals surface area (Å²) in [5.74, 6) is 0.580. The van der Waals surface area contributed by atoms with E-state index >= 15 is 0 Å². The first-order chi connectivity index (χ1) is 8.02. The summed E-state index contributed by atoms with van der Waals surface area (Å²) < 4.78 is 11.7. The Hall–Kier alpha value is -1.07. The van der Waals surface area contributed by atoms with Crippen LogP contribution in [0.4, 0.5) is 0 Å². The Balaban J connectivity index is 2.64. The van der Waals surface area contributed by atoms with Gasteiger partial charge in [-0.15, -0.1) is 0 Å². The van der Waals surface area contributed by atoms with E-state index in [4.69, 9.17) is 20.6 Å². The minimum Gasteiger partial charge on any atom is -0.490 e. The number of amidine groups is 1. The highest BCUT2D eigenvalue weighted by Crippen LogP contribution is 2.26. The molecule has 0 atom stereocenters. The molecule has 0 aliphatic rings. The molecule has 0 saturated carbocycles. The molecule has 0 unspecified atom stereocenters. The lowest BCUT2D eigenvalue weighted by Gasteiger charge is -2.13. The van der Waals surface area contributed by atoms with Gasteiger partial charge >= 0.3 is 0 Å². The van der Waals surface area contributed by atoms with Crippen LogP contribution in [0.5, 0.6) is 5.75 Å². The minimum atomic E-state index is -0.0164. The van der Waals surface area contributed by atoms with Crippen molar-refractivity contribution in [3.63, 3.8) is 0 Å². The number of hydrogen-bond acceptors (Lipinski definition) is 3. The summed E-state index contributed by atoms with van der Waals surface area (Å²) in [5, 5.41) is 7.50. The van der Waals surface area contributed by atoms with Gasteiger partial charge in [0.15, 0.2) is 0 Å². The summed E-state index contributed by atoms with van der Waals surface area (Å²) in [5.41, 5.74) is 6.09. The van der Waals surface area contributed by atoms with Crippen LogP contribution in [-0.2, 0) is 4.74 Å². The van der Waals surface area contributed by atoms with E-state index in [9.17, 15) is 0 Å². The third kappa shape index (κ3) is 4.36. The SMILES string of the molecule is CC(C)OCCOc1cccc(Br)c1C(=N)N. The van der Waals surface area contributed by atoms with Crippen molar-refractivity contribution in [3.05, 3.63) is 28.2 Å². The van der Waals surface area contributed by atoms with E-state index in [1.54, 1.807) is 6.07 Å². The second-order valence-electron chi connectivity index (χ2n) is 3.79. The van der Waals surface area contributed by atoms with Gasteiger partial charge in [-0.2, -0.15) is 0 Å². The number of nitrogens with two attached hydrogens (primary N) is 1. The van der Waals surface area contributed by atoms with Gasteiger partial charge in [0.2, 0.25) is 0 Å². The Morgan fingerprint density at radius 1 is 1.41 bits per heavy atom. The normalized spacial score (nSPS) is 10.6. The first-order valence-corrected chi connectivity index (χ1v) is 6.19. The molecule has 0 radical (unpaired) electrons. The van der Waals surface area contributed by atoms with Crippen LogP contribution in [0, 0.1) is 5.41 Å². The van der Waals surface area contributed by atoms with Gasteiger partial charge in [-0.05, 0) is 41.9 Å². The molecule has 0 aliphatic heterocycles. The van der Waals surface area contributed by atoms with Gasteiger partial charge in [-0.1, -0.05) is 6.07 Å². The monoisotopic (exact) mass is 300 g/mol. The van der Waals surface area contributed by atoms with E-state index in [0.29, 0.717) is 24.5 Å². The molecule has 0 aliphatic carbocycles. The molecule has 0 heterocycles. The van der Waals surface area contributed by atoms with Gasteiger partial charge in [0.25, 0.3) is 0 Å². The van der Waals surface area contributed by atoms with Crippen molar-refractivity contribution < 1.29 is 9.47 Å². The quantitative estimate of drug-likeness (QED) is 0.482. The molecule has 0 saturated heterocycles. The molecule has 3 N–H and O–H groups in total. The maximum Gasteiger partial charge on any atom is 0.131 e. The van der Waals surface area contributed by atoms with Crippen molar-refractivity contribution in [1.29, 1.82) is 5.41 Å². The van der Waals surface area contributed by atoms with E-state index in [1.807, 2.05) is 26.0 Å². The first-order valence-electron chi connectivity index (χ1n) is 5.39. The Kier molecular flexibility index (Phi) is 5.44. The third-order valence-electron chi connectivity index (χ3n) is 2.04. The highest BCUT2D eigenvalue weighted by atomic mass is 79.9. The Bertz CT molecular complexity index is 394. The Morgan fingerprint density at radius 3 is 2.71 bits per heavy atom. The number of nitrogen functional groups attached to an aromatic ring is 1. The molecular formula is C12H17BrN2O2. The predicted molar refractivity (Wildman–Crippen MR) is 71.7 cm³/mol. The van der Waals surface area contributed by atoms with Crippen molar-refractivity contribution in [3.8, 4) is 5.75 Å². The molecule has 0 spiro atoms. The van der Waals surface area contributed by atoms with E-state index in [2.05, 4.69) is 15.9 Å². The van der Waals surface area contributed by atoms with Gasteiger partial charge in [-0.25, -0.2) is 0 Å². The number of ether oxygens (including phenoxy) is 2. The number of rotatable bonds is 6. The summed E-state index contributed by atoms with van der Waals surface area (Å²) in [7, 11) is 0. The average Bonchev–Trinajstić information content (AvgIpc) is 2.23. The van der Waals surface area contributed by atoms with Crippen LogP contribution < -0.4 is 10.5 Å². The zero-order valence-electron chi connectivity index (χ0n) is 10.00. The van der Waals surface area contributed by atoms with E-state index in [1.165, 1.54) is 0 Å². The summed E-state index contributed by atoms with van der Waals surface area (Å²) in [6.45, 7) is 4.90. The largest absolute Gasteiger partial charge is 0.490 e. The first kappa shape index (κ1) is 14.0. The summed E-state index contributed by atoms with van der Waals surface area (Å²) in [4.78, 5) is 0. The summed E-state index contributed by atoms with van der Waals surface area (Å²) in [6, 6.07) is 5.46. The zero-order chi connectivity index (χ0) is 12.8. The third-order valence-corrected chi connectivity index (χ3v) is 2.70. The maximum atomic E-state index is 7.50. The maximum absolute atomic E-state index is 7.50. The van der Waals surface area contributed by atoms with Crippen LogP contribution >= 0.6 is 15.9 Å². The molecular weight excluding hydrogens is 284 g/mol. The molecule has 1 aromatic rings. The Morgan fingerprint density at radius 2 is 2.12 bits per heavy atom. The van der Waals surface area contributed by atoms with Crippen LogP contribution in [0.15, 0.2) is 22.7 Å². The van der Waals surface area contributed by atoms with Gasteiger partial charge in [0.05, 0.1) is 18.3 Å². The molecule has 0 bridgehead atoms. The second kappa shape index (κ2) is 6.61. The molecule has 0 aromatic heterocycles. The lowest BCUT2D eigenvalue weighted by molar-refractivity contribution is 0.0552. The van der Waals surface area contributed by atoms with E-state index in [0.717, 1.165) is 4.47 Å². The number of halogens is 1. The standard InChI is InChI=1S/C12H17BrN2O2/c1-8(2)16-6-7-17-10-5-3-4-9(13)11(10)12(14)15/h3-5,8H,6-7H2,1-2H3,(H3,14,15). The number of hydrogen-bond donors (Lipinski definition) is 2. The summed E-state index contributed by atoms with van der Waals surface area (Å²) >= 11 is 3.35.